The van der Waals surface area contributed by atoms with E-state index in [1.807, 2.05) is 0 Å². The van der Waals surface area contributed by atoms with Gasteiger partial charge in [0.2, 0.25) is 10.0 Å². The molecule has 0 spiro atoms. The van der Waals surface area contributed by atoms with Crippen molar-refractivity contribution < 1.29 is 22.5 Å². The van der Waals surface area contributed by atoms with Crippen molar-refractivity contribution in [2.75, 3.05) is 7.11 Å². The fourth-order valence-corrected chi connectivity index (χ4v) is 3.35. The molecule has 1 atom stereocenters. The van der Waals surface area contributed by atoms with Gasteiger partial charge >= 0.3 is 5.97 Å². The molecule has 9 heteroatoms. The van der Waals surface area contributed by atoms with Gasteiger partial charge in [0.05, 0.1) is 24.4 Å². The van der Waals surface area contributed by atoms with Gasteiger partial charge in [-0.15, -0.1) is 0 Å². The molecule has 1 N–H and O–H groups in total. The molecular weight excluding hydrogens is 322 g/mol. The zero-order chi connectivity index (χ0) is 17.4. The van der Waals surface area contributed by atoms with Gasteiger partial charge in [-0.25, -0.2) is 13.4 Å². The summed E-state index contributed by atoms with van der Waals surface area (Å²) < 4.78 is 37.2. The number of hydrogen-bond donors (Lipinski definition) is 1. The van der Waals surface area contributed by atoms with E-state index in [0.29, 0.717) is 11.1 Å². The molecular formula is C14H19N3O5S. The van der Waals surface area contributed by atoms with Gasteiger partial charge in [-0.05, 0) is 18.4 Å². The third kappa shape index (κ3) is 3.50. The van der Waals surface area contributed by atoms with Crippen molar-refractivity contribution in [3.05, 3.63) is 18.0 Å². The molecule has 0 unspecified atom stereocenters. The second-order valence-corrected chi connectivity index (χ2v) is 7.95. The van der Waals surface area contributed by atoms with Crippen LogP contribution in [-0.4, -0.2) is 37.7 Å². The van der Waals surface area contributed by atoms with Gasteiger partial charge in [-0.2, -0.15) is 4.72 Å². The lowest BCUT2D eigenvalue weighted by Gasteiger charge is -2.28. The highest BCUT2D eigenvalue weighted by molar-refractivity contribution is 7.89. The van der Waals surface area contributed by atoms with E-state index in [2.05, 4.69) is 14.9 Å². The summed E-state index contributed by atoms with van der Waals surface area (Å²) in [5.74, 6) is -0.656. The number of nitrogens with zero attached hydrogens (tertiary/aromatic N) is 2. The molecule has 2 rings (SSSR count). The van der Waals surface area contributed by atoms with Crippen molar-refractivity contribution in [1.29, 1.82) is 0 Å². The van der Waals surface area contributed by atoms with Crippen LogP contribution in [0.1, 0.15) is 26.5 Å². The first-order valence-corrected chi connectivity index (χ1v) is 8.37. The Morgan fingerprint density at radius 1 is 1.39 bits per heavy atom. The molecule has 0 amide bonds. The molecule has 0 aromatic carbocycles. The largest absolute Gasteiger partial charge is 0.468 e. The summed E-state index contributed by atoms with van der Waals surface area (Å²) in [6.07, 6.45) is 1.16. The van der Waals surface area contributed by atoms with Crippen LogP contribution in [0.5, 0.6) is 0 Å². The van der Waals surface area contributed by atoms with Crippen LogP contribution in [0, 0.1) is 12.3 Å². The first-order valence-electron chi connectivity index (χ1n) is 6.88. The lowest BCUT2D eigenvalue weighted by atomic mass is 9.87. The molecule has 2 heterocycles. The number of fused-ring (bicyclic) bond motifs is 1. The number of sulfonamides is 1. The number of aryl methyl sites for hydroxylation is 1. The highest BCUT2D eigenvalue weighted by atomic mass is 32.2. The third-order valence-corrected chi connectivity index (χ3v) is 4.76. The molecule has 0 radical (unpaired) electrons. The predicted molar refractivity (Wildman–Crippen MR) is 82.1 cm³/mol. The monoisotopic (exact) mass is 341 g/mol. The number of carbonyl (C=O) groups excluding carboxylic acids is 1. The smallest absolute Gasteiger partial charge is 0.324 e. The summed E-state index contributed by atoms with van der Waals surface area (Å²) in [7, 11) is -2.75. The maximum Gasteiger partial charge on any atom is 0.324 e. The molecule has 0 fully saturated rings. The number of hydrogen-bond acceptors (Lipinski definition) is 7. The lowest BCUT2D eigenvalue weighted by molar-refractivity contribution is -0.145. The number of methoxy groups -OCH3 is 1. The average Bonchev–Trinajstić information content (AvgIpc) is 2.84. The number of pyridine rings is 1. The van der Waals surface area contributed by atoms with Gasteiger partial charge in [0.1, 0.15) is 10.9 Å². The van der Waals surface area contributed by atoms with E-state index in [1.54, 1.807) is 27.7 Å². The topological polar surface area (TPSA) is 111 Å². The Hall–Kier alpha value is -2.00. The molecule has 23 heavy (non-hydrogen) atoms. The number of aromatic nitrogens is 2. The van der Waals surface area contributed by atoms with Gasteiger partial charge in [0, 0.05) is 0 Å². The van der Waals surface area contributed by atoms with Crippen LogP contribution in [0.25, 0.3) is 11.1 Å². The fraction of sp³-hybridized carbons (Fsp3) is 0.500. The Morgan fingerprint density at radius 3 is 2.61 bits per heavy atom. The highest BCUT2D eigenvalue weighted by Crippen LogP contribution is 2.24. The van der Waals surface area contributed by atoms with Gasteiger partial charge in [0.15, 0.2) is 0 Å². The van der Waals surface area contributed by atoms with Crippen molar-refractivity contribution in [2.24, 2.45) is 5.41 Å². The molecule has 0 saturated heterocycles. The van der Waals surface area contributed by atoms with Crippen molar-refractivity contribution in [3.8, 4) is 0 Å². The highest BCUT2D eigenvalue weighted by Gasteiger charge is 2.36. The van der Waals surface area contributed by atoms with E-state index < -0.39 is 27.4 Å². The number of esters is 1. The van der Waals surface area contributed by atoms with Crippen molar-refractivity contribution >= 4 is 27.1 Å². The number of nitrogens with one attached hydrogen (secondary N) is 1. The zero-order valence-corrected chi connectivity index (χ0v) is 14.4. The van der Waals surface area contributed by atoms with Crippen LogP contribution in [0.4, 0.5) is 0 Å². The maximum absolute atomic E-state index is 12.6. The quantitative estimate of drug-likeness (QED) is 0.836. The summed E-state index contributed by atoms with van der Waals surface area (Å²) in [6, 6.07) is 0.379. The second-order valence-electron chi connectivity index (χ2n) is 6.24. The van der Waals surface area contributed by atoms with Crippen LogP contribution < -0.4 is 4.72 Å². The molecule has 0 aliphatic carbocycles. The zero-order valence-electron chi connectivity index (χ0n) is 13.6. The van der Waals surface area contributed by atoms with E-state index in [0.717, 1.165) is 6.20 Å². The van der Waals surface area contributed by atoms with Crippen molar-refractivity contribution in [2.45, 2.75) is 38.6 Å². The van der Waals surface area contributed by atoms with Crippen molar-refractivity contribution in [3.63, 3.8) is 0 Å². The summed E-state index contributed by atoms with van der Waals surface area (Å²) in [6.45, 7) is 6.90. The van der Waals surface area contributed by atoms with Gasteiger partial charge in [-0.1, -0.05) is 25.9 Å². The van der Waals surface area contributed by atoms with E-state index >= 15 is 0 Å². The van der Waals surface area contributed by atoms with Crippen LogP contribution >= 0.6 is 0 Å². The second kappa shape index (κ2) is 5.89. The summed E-state index contributed by atoms with van der Waals surface area (Å²) in [5, 5.41) is 4.23. The molecule has 126 valence electrons. The molecule has 0 aliphatic heterocycles. The molecule has 0 bridgehead atoms. The first kappa shape index (κ1) is 17.4. The summed E-state index contributed by atoms with van der Waals surface area (Å²) >= 11 is 0. The Labute approximate surface area is 134 Å². The maximum atomic E-state index is 12.6. The first-order chi connectivity index (χ1) is 10.6. The minimum absolute atomic E-state index is 0.0746. The van der Waals surface area contributed by atoms with Gasteiger partial charge < -0.3 is 9.26 Å². The van der Waals surface area contributed by atoms with E-state index in [9.17, 15) is 13.2 Å². The Balaban J connectivity index is 2.42. The number of ether oxygens (including phenoxy) is 1. The Morgan fingerprint density at radius 2 is 2.04 bits per heavy atom. The molecule has 2 aromatic heterocycles. The lowest BCUT2D eigenvalue weighted by Crippen LogP contribution is -2.49. The standard InChI is InChI=1S/C14H19N3O5S/c1-8-10-6-9(7-15-12(10)22-16-8)23(19,20)17-11(13(18)21-5)14(2,3)4/h6-7,11,17H,1-5H3/t11-/m0/s1. The predicted octanol–water partition coefficient (Wildman–Crippen LogP) is 1.40. The van der Waals surface area contributed by atoms with E-state index in [4.69, 9.17) is 9.26 Å². The van der Waals surface area contributed by atoms with Gasteiger partial charge in [-0.3, -0.25) is 4.79 Å². The van der Waals surface area contributed by atoms with Crippen LogP contribution in [0.15, 0.2) is 21.7 Å². The molecule has 0 aliphatic rings. The Bertz CT molecular complexity index is 836. The van der Waals surface area contributed by atoms with Crippen LogP contribution in [0.2, 0.25) is 0 Å². The van der Waals surface area contributed by atoms with E-state index in [1.165, 1.54) is 13.2 Å². The van der Waals surface area contributed by atoms with Crippen LogP contribution in [0.3, 0.4) is 0 Å². The third-order valence-electron chi connectivity index (χ3n) is 3.37. The normalized spacial score (nSPS) is 14.0. The fourth-order valence-electron chi connectivity index (χ4n) is 1.99. The summed E-state index contributed by atoms with van der Waals surface area (Å²) in [4.78, 5) is 15.8. The SMILES string of the molecule is COC(=O)[C@H](NS(=O)(=O)c1cnc2onc(C)c2c1)C(C)(C)C. The average molecular weight is 341 g/mol. The Kier molecular flexibility index (Phi) is 4.45. The summed E-state index contributed by atoms with van der Waals surface area (Å²) in [5.41, 5.74) is 0.122. The number of rotatable bonds is 4. The van der Waals surface area contributed by atoms with E-state index in [-0.39, 0.29) is 10.6 Å². The molecule has 0 saturated carbocycles. The van der Waals surface area contributed by atoms with Crippen molar-refractivity contribution in [1.82, 2.24) is 14.9 Å². The van der Waals surface area contributed by atoms with Crippen LogP contribution in [-0.2, 0) is 19.6 Å². The minimum atomic E-state index is -3.97. The van der Waals surface area contributed by atoms with Gasteiger partial charge in [0.25, 0.3) is 5.71 Å². The molecule has 8 nitrogen and oxygen atoms in total. The number of carbonyl (C=O) groups is 1. The molecule has 2 aromatic rings. The minimum Gasteiger partial charge on any atom is -0.468 e.